The number of nitrogens with zero attached hydrogens (tertiary/aromatic N) is 2. The summed E-state index contributed by atoms with van der Waals surface area (Å²) in [5.74, 6) is 0.793. The number of rotatable bonds is 7. The lowest BCUT2D eigenvalue weighted by atomic mass is 10.1. The van der Waals surface area contributed by atoms with E-state index < -0.39 is 0 Å². The van der Waals surface area contributed by atoms with Gasteiger partial charge in [0.05, 0.1) is 11.4 Å². The molecule has 0 atom stereocenters. The van der Waals surface area contributed by atoms with Crippen LogP contribution in [0.15, 0.2) is 66.2 Å². The van der Waals surface area contributed by atoms with Gasteiger partial charge in [0.1, 0.15) is 18.2 Å². The summed E-state index contributed by atoms with van der Waals surface area (Å²) in [5.41, 5.74) is 4.27. The van der Waals surface area contributed by atoms with E-state index in [9.17, 15) is 9.18 Å². The Kier molecular flexibility index (Phi) is 6.13. The number of anilines is 1. The molecule has 1 amide bonds. The molecule has 31 heavy (non-hydrogen) atoms. The second kappa shape index (κ2) is 9.14. The fraction of sp³-hybridized carbons (Fsp3) is 0.167. The Morgan fingerprint density at radius 3 is 2.65 bits per heavy atom. The van der Waals surface area contributed by atoms with Crippen LogP contribution >= 0.6 is 11.3 Å². The van der Waals surface area contributed by atoms with Gasteiger partial charge >= 0.3 is 0 Å². The summed E-state index contributed by atoms with van der Waals surface area (Å²) in [4.78, 5) is 13.1. The highest BCUT2D eigenvalue weighted by Crippen LogP contribution is 2.21. The molecule has 0 fully saturated rings. The Hall–Kier alpha value is -3.45. The second-order valence-corrected chi connectivity index (χ2v) is 8.24. The third-order valence-electron chi connectivity index (χ3n) is 4.90. The van der Waals surface area contributed by atoms with Gasteiger partial charge in [-0.1, -0.05) is 18.2 Å². The van der Waals surface area contributed by atoms with Crippen molar-refractivity contribution in [3.63, 3.8) is 0 Å². The summed E-state index contributed by atoms with van der Waals surface area (Å²) >= 11 is 1.37. The summed E-state index contributed by atoms with van der Waals surface area (Å²) in [6.45, 7) is 5.01. The number of aromatic nitrogens is 2. The van der Waals surface area contributed by atoms with Gasteiger partial charge in [-0.3, -0.25) is 9.48 Å². The first-order valence-electron chi connectivity index (χ1n) is 9.83. The molecule has 0 aliphatic carbocycles. The predicted molar refractivity (Wildman–Crippen MR) is 120 cm³/mol. The number of hydrogen-bond acceptors (Lipinski definition) is 4. The largest absolute Gasteiger partial charge is 0.489 e. The van der Waals surface area contributed by atoms with E-state index in [0.29, 0.717) is 23.8 Å². The van der Waals surface area contributed by atoms with Gasteiger partial charge in [0.15, 0.2) is 5.82 Å². The Balaban J connectivity index is 1.33. The maximum Gasteiger partial charge on any atom is 0.266 e. The maximum atomic E-state index is 13.0. The highest BCUT2D eigenvalue weighted by atomic mass is 32.1. The Bertz CT molecular complexity index is 1200. The molecule has 4 rings (SSSR count). The molecule has 2 aromatic heterocycles. The van der Waals surface area contributed by atoms with E-state index >= 15 is 0 Å². The Morgan fingerprint density at radius 2 is 1.87 bits per heavy atom. The molecule has 0 spiro atoms. The van der Waals surface area contributed by atoms with Crippen molar-refractivity contribution in [1.29, 1.82) is 0 Å². The minimum atomic E-state index is -0.271. The van der Waals surface area contributed by atoms with E-state index in [1.807, 2.05) is 29.6 Å². The van der Waals surface area contributed by atoms with Crippen LogP contribution in [0, 0.1) is 19.7 Å². The zero-order chi connectivity index (χ0) is 21.8. The molecule has 0 unspecified atom stereocenters. The molecule has 0 saturated heterocycles. The van der Waals surface area contributed by atoms with Crippen LogP contribution < -0.4 is 10.1 Å². The summed E-state index contributed by atoms with van der Waals surface area (Å²) in [7, 11) is 0. The lowest BCUT2D eigenvalue weighted by Crippen LogP contribution is -2.11. The number of carbonyl (C=O) groups excluding carboxylic acids is 1. The topological polar surface area (TPSA) is 56.1 Å². The number of hydrogen-bond donors (Lipinski definition) is 1. The first-order chi connectivity index (χ1) is 15.0. The molecule has 2 heterocycles. The van der Waals surface area contributed by atoms with Crippen molar-refractivity contribution >= 4 is 23.1 Å². The fourth-order valence-electron chi connectivity index (χ4n) is 3.01. The maximum absolute atomic E-state index is 13.0. The van der Waals surface area contributed by atoms with Crippen LogP contribution in [0.25, 0.3) is 0 Å². The number of ether oxygens (including phenoxy) is 1. The molecule has 4 aromatic rings. The minimum Gasteiger partial charge on any atom is -0.489 e. The van der Waals surface area contributed by atoms with Gasteiger partial charge in [-0.25, -0.2) is 4.39 Å². The average molecular weight is 436 g/mol. The first kappa shape index (κ1) is 20.8. The Labute approximate surface area is 184 Å². The van der Waals surface area contributed by atoms with Crippen LogP contribution in [0.2, 0.25) is 0 Å². The zero-order valence-corrected chi connectivity index (χ0v) is 18.1. The van der Waals surface area contributed by atoms with Crippen LogP contribution in [0.5, 0.6) is 5.75 Å². The SMILES string of the molecule is Cc1ccc(OCc2csc(C(=O)Nc3ccn(Cc4ccc(F)cc4)n3)c2)cc1C. The van der Waals surface area contributed by atoms with Crippen molar-refractivity contribution in [3.8, 4) is 5.75 Å². The van der Waals surface area contributed by atoms with Gasteiger partial charge in [0.25, 0.3) is 5.91 Å². The van der Waals surface area contributed by atoms with Crippen molar-refractivity contribution in [2.45, 2.75) is 27.0 Å². The van der Waals surface area contributed by atoms with Crippen LogP contribution in [0.1, 0.15) is 31.9 Å². The summed E-state index contributed by atoms with van der Waals surface area (Å²) in [6, 6.07) is 15.8. The van der Waals surface area contributed by atoms with E-state index in [4.69, 9.17) is 4.74 Å². The number of thiophene rings is 1. The molecule has 5 nitrogen and oxygen atoms in total. The number of nitrogens with one attached hydrogen (secondary N) is 1. The molecule has 0 aliphatic heterocycles. The van der Waals surface area contributed by atoms with Gasteiger partial charge in [0, 0.05) is 17.8 Å². The molecule has 0 bridgehead atoms. The smallest absolute Gasteiger partial charge is 0.266 e. The quantitative estimate of drug-likeness (QED) is 0.412. The van der Waals surface area contributed by atoms with Crippen LogP contribution in [0.3, 0.4) is 0 Å². The summed E-state index contributed by atoms with van der Waals surface area (Å²) in [5, 5.41) is 9.10. The monoisotopic (exact) mass is 435 g/mol. The molecular formula is C24H22FN3O2S. The van der Waals surface area contributed by atoms with Gasteiger partial charge < -0.3 is 10.1 Å². The van der Waals surface area contributed by atoms with E-state index in [1.54, 1.807) is 29.1 Å². The molecule has 158 valence electrons. The van der Waals surface area contributed by atoms with E-state index in [1.165, 1.54) is 34.6 Å². The Morgan fingerprint density at radius 1 is 1.06 bits per heavy atom. The van der Waals surface area contributed by atoms with Crippen LogP contribution in [-0.4, -0.2) is 15.7 Å². The standard InChI is InChI=1S/C24H22FN3O2S/c1-16-3-8-21(11-17(16)2)30-14-19-12-22(31-15-19)24(29)26-23-9-10-28(27-23)13-18-4-6-20(25)7-5-18/h3-12,15H,13-14H2,1-2H3,(H,26,27,29). The third-order valence-corrected chi connectivity index (χ3v) is 5.88. The van der Waals surface area contributed by atoms with Crippen molar-refractivity contribution in [3.05, 3.63) is 99.1 Å². The summed E-state index contributed by atoms with van der Waals surface area (Å²) in [6.07, 6.45) is 1.77. The van der Waals surface area contributed by atoms with Gasteiger partial charge in [-0.05, 0) is 66.2 Å². The van der Waals surface area contributed by atoms with Crippen molar-refractivity contribution in [1.82, 2.24) is 9.78 Å². The first-order valence-corrected chi connectivity index (χ1v) is 10.7. The number of amides is 1. The summed E-state index contributed by atoms with van der Waals surface area (Å²) < 4.78 is 20.6. The molecule has 0 aliphatic rings. The highest BCUT2D eigenvalue weighted by Gasteiger charge is 2.12. The molecule has 0 saturated carbocycles. The van der Waals surface area contributed by atoms with Crippen molar-refractivity contribution < 1.29 is 13.9 Å². The lowest BCUT2D eigenvalue weighted by Gasteiger charge is -2.07. The lowest BCUT2D eigenvalue weighted by molar-refractivity contribution is 0.103. The molecule has 7 heteroatoms. The normalized spacial score (nSPS) is 10.8. The number of carbonyl (C=O) groups is 1. The van der Waals surface area contributed by atoms with Crippen molar-refractivity contribution in [2.24, 2.45) is 0 Å². The van der Waals surface area contributed by atoms with Crippen LogP contribution in [-0.2, 0) is 13.2 Å². The van der Waals surface area contributed by atoms with Crippen LogP contribution in [0.4, 0.5) is 10.2 Å². The number of benzene rings is 2. The van der Waals surface area contributed by atoms with E-state index in [-0.39, 0.29) is 11.7 Å². The number of aryl methyl sites for hydroxylation is 2. The molecule has 0 radical (unpaired) electrons. The van der Waals surface area contributed by atoms with Gasteiger partial charge in [-0.15, -0.1) is 11.3 Å². The fourth-order valence-corrected chi connectivity index (χ4v) is 3.80. The average Bonchev–Trinajstić information content (AvgIpc) is 3.40. The van der Waals surface area contributed by atoms with E-state index in [0.717, 1.165) is 16.9 Å². The molecular weight excluding hydrogens is 413 g/mol. The van der Waals surface area contributed by atoms with Crippen molar-refractivity contribution in [2.75, 3.05) is 5.32 Å². The van der Waals surface area contributed by atoms with Gasteiger partial charge in [0.2, 0.25) is 0 Å². The number of halogens is 1. The second-order valence-electron chi connectivity index (χ2n) is 7.33. The minimum absolute atomic E-state index is 0.213. The molecule has 1 N–H and O–H groups in total. The van der Waals surface area contributed by atoms with E-state index in [2.05, 4.69) is 24.3 Å². The highest BCUT2D eigenvalue weighted by molar-refractivity contribution is 7.12. The molecule has 2 aromatic carbocycles. The third kappa shape index (κ3) is 5.38. The van der Waals surface area contributed by atoms with Gasteiger partial charge in [-0.2, -0.15) is 5.10 Å². The predicted octanol–water partition coefficient (Wildman–Crippen LogP) is 5.58. The zero-order valence-electron chi connectivity index (χ0n) is 17.3.